The number of hydrogen-bond donors (Lipinski definition) is 2. The molecule has 0 radical (unpaired) electrons. The molecule has 0 saturated carbocycles. The van der Waals surface area contributed by atoms with Crippen molar-refractivity contribution in [1.29, 1.82) is 0 Å². The Hall–Kier alpha value is -0.350. The van der Waals surface area contributed by atoms with E-state index in [-0.39, 0.29) is 12.4 Å². The minimum Gasteiger partial charge on any atom is -0.358 e. The summed E-state index contributed by atoms with van der Waals surface area (Å²) in [7, 11) is 1.42. The maximum atomic E-state index is 12.8. The number of amides is 1. The summed E-state index contributed by atoms with van der Waals surface area (Å²) >= 11 is 0. The summed E-state index contributed by atoms with van der Waals surface area (Å²) in [5.41, 5.74) is 3.57. The first-order chi connectivity index (χ1) is 4.39. The number of alkyl halides is 1. The standard InChI is InChI=1S/C6H13FN2O.ClH/c1-6(2,7)4(8)5(10)9-3;/h4H,8H2,1-3H3,(H,9,10);1H. The molecule has 0 bridgehead atoms. The summed E-state index contributed by atoms with van der Waals surface area (Å²) in [6, 6.07) is -1.09. The molecule has 3 N–H and O–H groups in total. The van der Waals surface area contributed by atoms with Gasteiger partial charge in [-0.2, -0.15) is 0 Å². The van der Waals surface area contributed by atoms with E-state index in [2.05, 4.69) is 5.32 Å². The van der Waals surface area contributed by atoms with Crippen molar-refractivity contribution < 1.29 is 9.18 Å². The van der Waals surface area contributed by atoms with Crippen molar-refractivity contribution in [2.75, 3.05) is 7.05 Å². The van der Waals surface area contributed by atoms with Gasteiger partial charge < -0.3 is 11.1 Å². The monoisotopic (exact) mass is 184 g/mol. The van der Waals surface area contributed by atoms with Crippen LogP contribution in [-0.2, 0) is 4.79 Å². The van der Waals surface area contributed by atoms with E-state index in [1.54, 1.807) is 0 Å². The summed E-state index contributed by atoms with van der Waals surface area (Å²) in [6.45, 7) is 2.54. The Morgan fingerprint density at radius 2 is 2.00 bits per heavy atom. The highest BCUT2D eigenvalue weighted by Crippen LogP contribution is 2.11. The molecule has 1 amide bonds. The van der Waals surface area contributed by atoms with Gasteiger partial charge in [0.15, 0.2) is 0 Å². The van der Waals surface area contributed by atoms with Gasteiger partial charge in [-0.1, -0.05) is 0 Å². The van der Waals surface area contributed by atoms with Gasteiger partial charge in [-0.15, -0.1) is 12.4 Å². The predicted molar refractivity (Wildman–Crippen MR) is 44.5 cm³/mol. The van der Waals surface area contributed by atoms with E-state index in [0.717, 1.165) is 0 Å². The van der Waals surface area contributed by atoms with Crippen LogP contribution in [0.5, 0.6) is 0 Å². The highest BCUT2D eigenvalue weighted by Gasteiger charge is 2.30. The Morgan fingerprint density at radius 1 is 1.64 bits per heavy atom. The van der Waals surface area contributed by atoms with Crippen LogP contribution in [0.4, 0.5) is 4.39 Å². The molecule has 0 saturated heterocycles. The zero-order valence-corrected chi connectivity index (χ0v) is 7.67. The molecule has 5 heteroatoms. The Morgan fingerprint density at radius 3 is 2.09 bits per heavy atom. The summed E-state index contributed by atoms with van der Waals surface area (Å²) in [6.07, 6.45) is 0. The molecule has 0 heterocycles. The Labute approximate surface area is 71.9 Å². The Kier molecular flexibility index (Phi) is 5.44. The van der Waals surface area contributed by atoms with Crippen LogP contribution in [0.3, 0.4) is 0 Å². The lowest BCUT2D eigenvalue weighted by atomic mass is 10.0. The van der Waals surface area contributed by atoms with Gasteiger partial charge in [-0.3, -0.25) is 4.79 Å². The van der Waals surface area contributed by atoms with Crippen LogP contribution >= 0.6 is 12.4 Å². The number of nitrogens with two attached hydrogens (primary N) is 1. The zero-order chi connectivity index (χ0) is 8.36. The fraction of sp³-hybridized carbons (Fsp3) is 0.833. The molecule has 0 aliphatic rings. The van der Waals surface area contributed by atoms with Gasteiger partial charge in [0.05, 0.1) is 0 Å². The summed E-state index contributed by atoms with van der Waals surface area (Å²) < 4.78 is 12.8. The number of carbonyl (C=O) groups is 1. The molecule has 0 aromatic heterocycles. The van der Waals surface area contributed by atoms with Crippen molar-refractivity contribution in [3.05, 3.63) is 0 Å². The quantitative estimate of drug-likeness (QED) is 0.646. The Bertz CT molecular complexity index is 135. The van der Waals surface area contributed by atoms with Gasteiger partial charge in [0.25, 0.3) is 0 Å². The minimum atomic E-state index is -1.65. The van der Waals surface area contributed by atoms with Crippen LogP contribution in [0.25, 0.3) is 0 Å². The summed E-state index contributed by atoms with van der Waals surface area (Å²) in [5.74, 6) is -0.479. The number of likely N-dealkylation sites (N-methyl/N-ethyl adjacent to an activating group) is 1. The van der Waals surface area contributed by atoms with Crippen molar-refractivity contribution in [3.8, 4) is 0 Å². The maximum Gasteiger partial charge on any atom is 0.239 e. The first-order valence-electron chi connectivity index (χ1n) is 3.05. The number of rotatable bonds is 2. The highest BCUT2D eigenvalue weighted by molar-refractivity contribution is 5.85. The zero-order valence-electron chi connectivity index (χ0n) is 6.85. The fourth-order valence-electron chi connectivity index (χ4n) is 0.467. The predicted octanol–water partition coefficient (Wildman–Crippen LogP) is 0.230. The normalized spacial score (nSPS) is 13.2. The van der Waals surface area contributed by atoms with E-state index in [0.29, 0.717) is 0 Å². The van der Waals surface area contributed by atoms with E-state index >= 15 is 0 Å². The second kappa shape index (κ2) is 4.51. The van der Waals surface area contributed by atoms with Gasteiger partial charge in [0, 0.05) is 7.05 Å². The topological polar surface area (TPSA) is 55.1 Å². The molecule has 0 aliphatic carbocycles. The van der Waals surface area contributed by atoms with Gasteiger partial charge in [0.2, 0.25) is 5.91 Å². The van der Waals surface area contributed by atoms with Crippen molar-refractivity contribution in [3.63, 3.8) is 0 Å². The SMILES string of the molecule is CNC(=O)C(N)C(C)(C)F.Cl. The molecule has 11 heavy (non-hydrogen) atoms. The molecule has 68 valence electrons. The second-order valence-corrected chi connectivity index (χ2v) is 2.66. The molecular formula is C6H14ClFN2O. The molecule has 0 aromatic rings. The lowest BCUT2D eigenvalue weighted by molar-refractivity contribution is -0.124. The summed E-state index contributed by atoms with van der Waals surface area (Å²) in [5, 5.41) is 2.27. The molecule has 0 aliphatic heterocycles. The fourth-order valence-corrected chi connectivity index (χ4v) is 0.467. The largest absolute Gasteiger partial charge is 0.358 e. The third kappa shape index (κ3) is 4.16. The molecular weight excluding hydrogens is 171 g/mol. The minimum absolute atomic E-state index is 0. The number of nitrogens with one attached hydrogen (secondary N) is 1. The van der Waals surface area contributed by atoms with E-state index in [1.807, 2.05) is 0 Å². The lowest BCUT2D eigenvalue weighted by Gasteiger charge is -2.20. The van der Waals surface area contributed by atoms with Gasteiger partial charge in [-0.05, 0) is 13.8 Å². The van der Waals surface area contributed by atoms with E-state index < -0.39 is 17.6 Å². The average molecular weight is 185 g/mol. The maximum absolute atomic E-state index is 12.8. The number of carbonyl (C=O) groups excluding carboxylic acids is 1. The number of hydrogen-bond acceptors (Lipinski definition) is 2. The molecule has 1 atom stereocenters. The second-order valence-electron chi connectivity index (χ2n) is 2.66. The van der Waals surface area contributed by atoms with Gasteiger partial charge >= 0.3 is 0 Å². The van der Waals surface area contributed by atoms with Crippen LogP contribution in [0, 0.1) is 0 Å². The van der Waals surface area contributed by atoms with E-state index in [4.69, 9.17) is 5.73 Å². The van der Waals surface area contributed by atoms with Crippen molar-refractivity contribution in [2.24, 2.45) is 5.73 Å². The molecule has 0 aromatic carbocycles. The van der Waals surface area contributed by atoms with E-state index in [1.165, 1.54) is 20.9 Å². The lowest BCUT2D eigenvalue weighted by Crippen LogP contribution is -2.50. The van der Waals surface area contributed by atoms with Crippen molar-refractivity contribution in [1.82, 2.24) is 5.32 Å². The van der Waals surface area contributed by atoms with Crippen LogP contribution in [0.1, 0.15) is 13.8 Å². The van der Waals surface area contributed by atoms with Crippen molar-refractivity contribution >= 4 is 18.3 Å². The van der Waals surface area contributed by atoms with Gasteiger partial charge in [-0.25, -0.2) is 4.39 Å². The van der Waals surface area contributed by atoms with Crippen LogP contribution in [0.2, 0.25) is 0 Å². The Balaban J connectivity index is 0. The van der Waals surface area contributed by atoms with Crippen molar-refractivity contribution in [2.45, 2.75) is 25.6 Å². The van der Waals surface area contributed by atoms with Crippen LogP contribution < -0.4 is 11.1 Å². The third-order valence-corrected chi connectivity index (χ3v) is 1.27. The number of halogens is 2. The molecule has 0 rings (SSSR count). The molecule has 1 unspecified atom stereocenters. The first-order valence-corrected chi connectivity index (χ1v) is 3.05. The molecule has 0 spiro atoms. The summed E-state index contributed by atoms with van der Waals surface area (Å²) in [4.78, 5) is 10.7. The first kappa shape index (κ1) is 13.3. The average Bonchev–Trinajstić information content (AvgIpc) is 1.83. The van der Waals surface area contributed by atoms with Crippen LogP contribution in [0.15, 0.2) is 0 Å². The molecule has 3 nitrogen and oxygen atoms in total. The third-order valence-electron chi connectivity index (χ3n) is 1.27. The highest BCUT2D eigenvalue weighted by atomic mass is 35.5. The van der Waals surface area contributed by atoms with Crippen LogP contribution in [-0.4, -0.2) is 24.7 Å². The smallest absolute Gasteiger partial charge is 0.239 e. The molecule has 0 fully saturated rings. The van der Waals surface area contributed by atoms with E-state index in [9.17, 15) is 9.18 Å². The van der Waals surface area contributed by atoms with Gasteiger partial charge in [0.1, 0.15) is 11.7 Å².